The highest BCUT2D eigenvalue weighted by atomic mass is 16.3. The van der Waals surface area contributed by atoms with Crippen molar-refractivity contribution >= 4 is 0 Å². The summed E-state index contributed by atoms with van der Waals surface area (Å²) in [5.74, 6) is 1.31. The first kappa shape index (κ1) is 12.4. The molecule has 2 unspecified atom stereocenters. The molecular formula is C15H23NO. The molecule has 2 atom stereocenters. The second kappa shape index (κ2) is 5.54. The number of phenols is 1. The molecule has 0 bridgehead atoms. The van der Waals surface area contributed by atoms with Crippen LogP contribution in [0.5, 0.6) is 5.75 Å². The Balaban J connectivity index is 1.92. The van der Waals surface area contributed by atoms with Crippen molar-refractivity contribution in [1.82, 2.24) is 5.32 Å². The zero-order chi connectivity index (χ0) is 12.3. The lowest BCUT2D eigenvalue weighted by Gasteiger charge is -2.22. The van der Waals surface area contributed by atoms with Gasteiger partial charge in [0.05, 0.1) is 0 Å². The molecule has 2 nitrogen and oxygen atoms in total. The van der Waals surface area contributed by atoms with E-state index in [1.165, 1.54) is 24.8 Å². The first-order valence-electron chi connectivity index (χ1n) is 6.74. The van der Waals surface area contributed by atoms with Crippen LogP contribution in [0.4, 0.5) is 0 Å². The highest BCUT2D eigenvalue weighted by Crippen LogP contribution is 2.34. The van der Waals surface area contributed by atoms with Crippen molar-refractivity contribution < 1.29 is 5.11 Å². The Hall–Kier alpha value is -1.02. The molecule has 0 heterocycles. The summed E-state index contributed by atoms with van der Waals surface area (Å²) < 4.78 is 0. The topological polar surface area (TPSA) is 32.3 Å². The predicted octanol–water partition coefficient (Wildman–Crippen LogP) is 3.62. The van der Waals surface area contributed by atoms with Crippen molar-refractivity contribution in [1.29, 1.82) is 0 Å². The van der Waals surface area contributed by atoms with Gasteiger partial charge >= 0.3 is 0 Å². The number of rotatable bonds is 6. The minimum absolute atomic E-state index is 0.342. The van der Waals surface area contributed by atoms with Gasteiger partial charge < -0.3 is 10.4 Å². The van der Waals surface area contributed by atoms with Gasteiger partial charge in [-0.1, -0.05) is 31.9 Å². The molecule has 17 heavy (non-hydrogen) atoms. The summed E-state index contributed by atoms with van der Waals surface area (Å²) in [6.07, 6.45) is 5.22. The first-order valence-corrected chi connectivity index (χ1v) is 6.74. The molecule has 1 aromatic rings. The molecule has 1 aliphatic carbocycles. The summed E-state index contributed by atoms with van der Waals surface area (Å²) in [7, 11) is 0. The normalized spacial score (nSPS) is 18.9. The van der Waals surface area contributed by atoms with E-state index in [-0.39, 0.29) is 0 Å². The molecule has 1 aliphatic rings. The van der Waals surface area contributed by atoms with Crippen molar-refractivity contribution in [3.8, 4) is 5.75 Å². The molecule has 0 aromatic heterocycles. The monoisotopic (exact) mass is 233 g/mol. The average molecular weight is 233 g/mol. The molecule has 1 aromatic carbocycles. The molecule has 2 rings (SSSR count). The fourth-order valence-electron chi connectivity index (χ4n) is 2.42. The Kier molecular flexibility index (Phi) is 4.06. The Bertz CT molecular complexity index is 342. The van der Waals surface area contributed by atoms with E-state index in [0.717, 1.165) is 12.3 Å². The van der Waals surface area contributed by atoms with Crippen LogP contribution in [0.1, 0.15) is 51.1 Å². The maximum absolute atomic E-state index is 9.30. The van der Waals surface area contributed by atoms with Crippen molar-refractivity contribution in [2.75, 3.05) is 0 Å². The van der Waals surface area contributed by atoms with Crippen LogP contribution in [0.2, 0.25) is 0 Å². The predicted molar refractivity (Wildman–Crippen MR) is 71.1 cm³/mol. The van der Waals surface area contributed by atoms with Crippen LogP contribution < -0.4 is 5.32 Å². The van der Waals surface area contributed by atoms with E-state index >= 15 is 0 Å². The number of hydrogen-bond donors (Lipinski definition) is 2. The van der Waals surface area contributed by atoms with Crippen LogP contribution in [0.15, 0.2) is 24.3 Å². The summed E-state index contributed by atoms with van der Waals surface area (Å²) >= 11 is 0. The molecular weight excluding hydrogens is 210 g/mol. The molecule has 1 fully saturated rings. The van der Waals surface area contributed by atoms with Crippen LogP contribution in [0.3, 0.4) is 0 Å². The average Bonchev–Trinajstić information content (AvgIpc) is 3.11. The van der Waals surface area contributed by atoms with E-state index in [2.05, 4.69) is 19.2 Å². The van der Waals surface area contributed by atoms with E-state index in [4.69, 9.17) is 0 Å². The number of nitrogens with one attached hydrogen (secondary N) is 1. The van der Waals surface area contributed by atoms with E-state index in [9.17, 15) is 5.11 Å². The minimum atomic E-state index is 0.342. The minimum Gasteiger partial charge on any atom is -0.508 e. The van der Waals surface area contributed by atoms with Gasteiger partial charge in [-0.25, -0.2) is 0 Å². The van der Waals surface area contributed by atoms with Gasteiger partial charge in [-0.15, -0.1) is 0 Å². The van der Waals surface area contributed by atoms with Crippen LogP contribution in [0.25, 0.3) is 0 Å². The third kappa shape index (κ3) is 3.74. The maximum Gasteiger partial charge on any atom is 0.115 e. The van der Waals surface area contributed by atoms with Gasteiger partial charge in [0, 0.05) is 12.1 Å². The van der Waals surface area contributed by atoms with Crippen molar-refractivity contribution in [2.24, 2.45) is 5.92 Å². The maximum atomic E-state index is 9.30. The molecule has 2 heteroatoms. The van der Waals surface area contributed by atoms with Crippen molar-refractivity contribution in [2.45, 2.75) is 51.6 Å². The lowest BCUT2D eigenvalue weighted by atomic mass is 10.0. The van der Waals surface area contributed by atoms with Gasteiger partial charge in [-0.2, -0.15) is 0 Å². The number of phenolic OH excluding ortho intramolecular Hbond substituents is 1. The number of aromatic hydroxyl groups is 1. The standard InChI is InChI=1S/C15H23NO/c1-3-15(13-6-8-14(17)9-7-13)16-11(2)10-12-4-5-12/h6-9,11-12,15-17H,3-5,10H2,1-2H3. The summed E-state index contributed by atoms with van der Waals surface area (Å²) in [6.45, 7) is 4.48. The van der Waals surface area contributed by atoms with Gasteiger partial charge in [0.25, 0.3) is 0 Å². The van der Waals surface area contributed by atoms with Gasteiger partial charge in [0.1, 0.15) is 5.75 Å². The lowest BCUT2D eigenvalue weighted by molar-refractivity contribution is 0.412. The Morgan fingerprint density at radius 3 is 2.47 bits per heavy atom. The van der Waals surface area contributed by atoms with E-state index in [1.807, 2.05) is 12.1 Å². The second-order valence-corrected chi connectivity index (χ2v) is 5.30. The Morgan fingerprint density at radius 2 is 1.94 bits per heavy atom. The molecule has 0 spiro atoms. The highest BCUT2D eigenvalue weighted by molar-refractivity contribution is 5.28. The number of hydrogen-bond acceptors (Lipinski definition) is 2. The third-order valence-electron chi connectivity index (χ3n) is 3.57. The SMILES string of the molecule is CCC(NC(C)CC1CC1)c1ccc(O)cc1. The summed E-state index contributed by atoms with van der Waals surface area (Å²) in [6, 6.07) is 8.56. The quantitative estimate of drug-likeness (QED) is 0.786. The van der Waals surface area contributed by atoms with Gasteiger partial charge in [0.2, 0.25) is 0 Å². The summed E-state index contributed by atoms with van der Waals surface area (Å²) in [4.78, 5) is 0. The van der Waals surface area contributed by atoms with E-state index in [1.54, 1.807) is 12.1 Å². The molecule has 0 aliphatic heterocycles. The largest absolute Gasteiger partial charge is 0.508 e. The van der Waals surface area contributed by atoms with E-state index in [0.29, 0.717) is 17.8 Å². The third-order valence-corrected chi connectivity index (χ3v) is 3.57. The molecule has 0 radical (unpaired) electrons. The fraction of sp³-hybridized carbons (Fsp3) is 0.600. The van der Waals surface area contributed by atoms with Gasteiger partial charge in [-0.3, -0.25) is 0 Å². The molecule has 1 saturated carbocycles. The Morgan fingerprint density at radius 1 is 1.29 bits per heavy atom. The molecule has 94 valence electrons. The van der Waals surface area contributed by atoms with Gasteiger partial charge in [-0.05, 0) is 43.4 Å². The Labute approximate surface area is 104 Å². The van der Waals surface area contributed by atoms with Crippen LogP contribution in [-0.4, -0.2) is 11.1 Å². The van der Waals surface area contributed by atoms with Crippen LogP contribution in [-0.2, 0) is 0 Å². The zero-order valence-electron chi connectivity index (χ0n) is 10.8. The van der Waals surface area contributed by atoms with E-state index < -0.39 is 0 Å². The molecule has 2 N–H and O–H groups in total. The first-order chi connectivity index (χ1) is 8.19. The number of benzene rings is 1. The lowest BCUT2D eigenvalue weighted by Crippen LogP contribution is -2.30. The molecule has 0 amide bonds. The summed E-state index contributed by atoms with van der Waals surface area (Å²) in [5, 5.41) is 13.0. The zero-order valence-corrected chi connectivity index (χ0v) is 10.8. The van der Waals surface area contributed by atoms with Crippen LogP contribution >= 0.6 is 0 Å². The van der Waals surface area contributed by atoms with Crippen molar-refractivity contribution in [3.05, 3.63) is 29.8 Å². The molecule has 0 saturated heterocycles. The fourth-order valence-corrected chi connectivity index (χ4v) is 2.42. The summed E-state index contributed by atoms with van der Waals surface area (Å²) in [5.41, 5.74) is 1.27. The second-order valence-electron chi connectivity index (χ2n) is 5.30. The smallest absolute Gasteiger partial charge is 0.115 e. The van der Waals surface area contributed by atoms with Crippen molar-refractivity contribution in [3.63, 3.8) is 0 Å². The van der Waals surface area contributed by atoms with Crippen LogP contribution in [0, 0.1) is 5.92 Å². The highest BCUT2D eigenvalue weighted by Gasteiger charge is 2.24. The van der Waals surface area contributed by atoms with Gasteiger partial charge in [0.15, 0.2) is 0 Å².